The predicted molar refractivity (Wildman–Crippen MR) is 96.6 cm³/mol. The van der Waals surface area contributed by atoms with Crippen molar-refractivity contribution < 1.29 is 14.2 Å². The van der Waals surface area contributed by atoms with Gasteiger partial charge in [0.1, 0.15) is 0 Å². The number of non-ortho nitro benzene ring substituents is 1. The monoisotopic (exact) mass is 416 g/mol. The average Bonchev–Trinajstić information content (AvgIpc) is 3.11. The molecule has 0 saturated heterocycles. The fourth-order valence-electron chi connectivity index (χ4n) is 2.22. The summed E-state index contributed by atoms with van der Waals surface area (Å²) in [6.45, 7) is 0.267. The largest absolute Gasteiger partial charge is 0.352 e. The van der Waals surface area contributed by atoms with Gasteiger partial charge >= 0.3 is 0 Å². The van der Waals surface area contributed by atoms with E-state index in [1.807, 2.05) is 24.3 Å². The van der Waals surface area contributed by atoms with Gasteiger partial charge in [-0.3, -0.25) is 14.9 Å². The van der Waals surface area contributed by atoms with Gasteiger partial charge in [0.15, 0.2) is 0 Å². The summed E-state index contributed by atoms with van der Waals surface area (Å²) in [6.07, 6.45) is 0.351. The standard InChI is InChI=1S/C17H13BrN4O4/c18-13-6-4-11(5-7-13)16-20-15(26-21-16)8-9-19-17(23)12-2-1-3-14(10-12)22(24)25/h1-7,10H,8-9H2,(H,19,23). The van der Waals surface area contributed by atoms with Gasteiger partial charge in [-0.1, -0.05) is 27.2 Å². The third-order valence-electron chi connectivity index (χ3n) is 3.51. The van der Waals surface area contributed by atoms with Crippen molar-refractivity contribution in [1.29, 1.82) is 0 Å². The van der Waals surface area contributed by atoms with Crippen LogP contribution in [0.25, 0.3) is 11.4 Å². The maximum absolute atomic E-state index is 12.1. The Kier molecular flexibility index (Phi) is 5.37. The Balaban J connectivity index is 1.57. The highest BCUT2D eigenvalue weighted by Gasteiger charge is 2.12. The van der Waals surface area contributed by atoms with Gasteiger partial charge < -0.3 is 9.84 Å². The number of nitrogens with zero attached hydrogens (tertiary/aromatic N) is 3. The molecule has 3 aromatic rings. The third kappa shape index (κ3) is 4.31. The molecule has 0 aliphatic carbocycles. The fraction of sp³-hybridized carbons (Fsp3) is 0.118. The molecule has 0 fully saturated rings. The van der Waals surface area contributed by atoms with Crippen LogP contribution in [0.15, 0.2) is 57.5 Å². The molecule has 0 aliphatic rings. The van der Waals surface area contributed by atoms with Crippen LogP contribution in [0.4, 0.5) is 5.69 Å². The summed E-state index contributed by atoms with van der Waals surface area (Å²) in [4.78, 5) is 26.6. The molecular weight excluding hydrogens is 404 g/mol. The number of benzene rings is 2. The van der Waals surface area contributed by atoms with Crippen molar-refractivity contribution in [3.05, 3.63) is 74.6 Å². The second-order valence-electron chi connectivity index (χ2n) is 5.33. The molecule has 1 heterocycles. The van der Waals surface area contributed by atoms with E-state index in [2.05, 4.69) is 31.4 Å². The van der Waals surface area contributed by atoms with Crippen molar-refractivity contribution in [3.63, 3.8) is 0 Å². The maximum Gasteiger partial charge on any atom is 0.270 e. The zero-order chi connectivity index (χ0) is 18.5. The Bertz CT molecular complexity index is 940. The molecule has 8 nitrogen and oxygen atoms in total. The van der Waals surface area contributed by atoms with E-state index in [9.17, 15) is 14.9 Å². The van der Waals surface area contributed by atoms with Crippen molar-refractivity contribution in [1.82, 2.24) is 15.5 Å². The number of carbonyl (C=O) groups is 1. The molecule has 3 rings (SSSR count). The minimum absolute atomic E-state index is 0.131. The Hall–Kier alpha value is -3.07. The molecule has 0 aliphatic heterocycles. The van der Waals surface area contributed by atoms with Crippen molar-refractivity contribution in [3.8, 4) is 11.4 Å². The molecule has 1 N–H and O–H groups in total. The van der Waals surface area contributed by atoms with Gasteiger partial charge in [0, 0.05) is 40.7 Å². The number of hydrogen-bond acceptors (Lipinski definition) is 6. The van der Waals surface area contributed by atoms with Crippen LogP contribution in [-0.2, 0) is 6.42 Å². The summed E-state index contributed by atoms with van der Waals surface area (Å²) in [5, 5.41) is 17.3. The predicted octanol–water partition coefficient (Wildman–Crippen LogP) is 3.38. The van der Waals surface area contributed by atoms with Gasteiger partial charge in [0.05, 0.1) is 4.92 Å². The molecule has 0 atom stereocenters. The number of halogens is 1. The van der Waals surface area contributed by atoms with Gasteiger partial charge in [-0.05, 0) is 30.3 Å². The minimum Gasteiger partial charge on any atom is -0.352 e. The summed E-state index contributed by atoms with van der Waals surface area (Å²) in [7, 11) is 0. The number of nitro groups is 1. The van der Waals surface area contributed by atoms with E-state index in [-0.39, 0.29) is 17.8 Å². The highest BCUT2D eigenvalue weighted by Crippen LogP contribution is 2.19. The van der Waals surface area contributed by atoms with Gasteiger partial charge in [-0.25, -0.2) is 0 Å². The number of rotatable bonds is 6. The zero-order valence-electron chi connectivity index (χ0n) is 13.4. The Labute approximate surface area is 156 Å². The number of carbonyl (C=O) groups excluding carboxylic acids is 1. The fourth-order valence-corrected chi connectivity index (χ4v) is 2.48. The number of nitrogens with one attached hydrogen (secondary N) is 1. The quantitative estimate of drug-likeness (QED) is 0.486. The normalized spacial score (nSPS) is 10.5. The second kappa shape index (κ2) is 7.87. The highest BCUT2D eigenvalue weighted by atomic mass is 79.9. The van der Waals surface area contributed by atoms with E-state index in [1.54, 1.807) is 0 Å². The summed E-state index contributed by atoms with van der Waals surface area (Å²) >= 11 is 3.36. The van der Waals surface area contributed by atoms with Crippen LogP contribution in [0.2, 0.25) is 0 Å². The van der Waals surface area contributed by atoms with Gasteiger partial charge in [-0.15, -0.1) is 0 Å². The first kappa shape index (κ1) is 17.7. The van der Waals surface area contributed by atoms with Crippen LogP contribution in [0.1, 0.15) is 16.2 Å². The first-order valence-corrected chi connectivity index (χ1v) is 8.43. The van der Waals surface area contributed by atoms with E-state index in [0.717, 1.165) is 10.0 Å². The molecule has 2 aromatic carbocycles. The molecule has 1 amide bonds. The van der Waals surface area contributed by atoms with E-state index < -0.39 is 10.8 Å². The van der Waals surface area contributed by atoms with Gasteiger partial charge in [0.2, 0.25) is 11.7 Å². The molecule has 0 spiro atoms. The molecule has 0 bridgehead atoms. The first-order valence-electron chi connectivity index (χ1n) is 7.64. The van der Waals surface area contributed by atoms with E-state index in [1.165, 1.54) is 24.3 Å². The lowest BCUT2D eigenvalue weighted by Crippen LogP contribution is -2.25. The molecule has 26 heavy (non-hydrogen) atoms. The summed E-state index contributed by atoms with van der Waals surface area (Å²) < 4.78 is 6.13. The van der Waals surface area contributed by atoms with Gasteiger partial charge in [0.25, 0.3) is 11.6 Å². The topological polar surface area (TPSA) is 111 Å². The molecule has 1 aromatic heterocycles. The smallest absolute Gasteiger partial charge is 0.270 e. The van der Waals surface area contributed by atoms with Crippen LogP contribution in [0.3, 0.4) is 0 Å². The van der Waals surface area contributed by atoms with Crippen LogP contribution in [0, 0.1) is 10.1 Å². The van der Waals surface area contributed by atoms with E-state index in [4.69, 9.17) is 4.52 Å². The van der Waals surface area contributed by atoms with Crippen molar-refractivity contribution in [2.75, 3.05) is 6.54 Å². The molecule has 0 unspecified atom stereocenters. The molecule has 0 saturated carbocycles. The van der Waals surface area contributed by atoms with Crippen LogP contribution < -0.4 is 5.32 Å². The van der Waals surface area contributed by atoms with Crippen LogP contribution >= 0.6 is 15.9 Å². The Morgan fingerprint density at radius 1 is 1.23 bits per heavy atom. The summed E-state index contributed by atoms with van der Waals surface area (Å²) in [6, 6.07) is 13.0. The molecule has 132 valence electrons. The maximum atomic E-state index is 12.1. The van der Waals surface area contributed by atoms with Crippen molar-refractivity contribution in [2.45, 2.75) is 6.42 Å². The minimum atomic E-state index is -0.543. The molecule has 0 radical (unpaired) electrons. The highest BCUT2D eigenvalue weighted by molar-refractivity contribution is 9.10. The Morgan fingerprint density at radius 2 is 2.00 bits per heavy atom. The van der Waals surface area contributed by atoms with Crippen LogP contribution in [-0.4, -0.2) is 27.5 Å². The van der Waals surface area contributed by atoms with Crippen molar-refractivity contribution in [2.24, 2.45) is 0 Å². The average molecular weight is 417 g/mol. The van der Waals surface area contributed by atoms with Crippen molar-refractivity contribution >= 4 is 27.5 Å². The van der Waals surface area contributed by atoms with Gasteiger partial charge in [-0.2, -0.15) is 4.98 Å². The SMILES string of the molecule is O=C(NCCc1nc(-c2ccc(Br)cc2)no1)c1cccc([N+](=O)[O-])c1. The van der Waals surface area contributed by atoms with Crippen LogP contribution in [0.5, 0.6) is 0 Å². The number of hydrogen-bond donors (Lipinski definition) is 1. The summed E-state index contributed by atoms with van der Waals surface area (Å²) in [5.74, 6) is 0.459. The zero-order valence-corrected chi connectivity index (χ0v) is 15.0. The number of amides is 1. The first-order chi connectivity index (χ1) is 12.5. The van der Waals surface area contributed by atoms with E-state index in [0.29, 0.717) is 18.1 Å². The second-order valence-corrected chi connectivity index (χ2v) is 6.25. The van der Waals surface area contributed by atoms with E-state index >= 15 is 0 Å². The third-order valence-corrected chi connectivity index (χ3v) is 4.04. The Morgan fingerprint density at radius 3 is 2.73 bits per heavy atom. The lowest BCUT2D eigenvalue weighted by atomic mass is 10.2. The summed E-state index contributed by atoms with van der Waals surface area (Å²) in [5.41, 5.74) is 0.915. The molecular formula is C17H13BrN4O4. The number of aromatic nitrogens is 2. The lowest BCUT2D eigenvalue weighted by Gasteiger charge is -2.03. The number of nitro benzene ring substituents is 1. The molecule has 9 heteroatoms. The lowest BCUT2D eigenvalue weighted by molar-refractivity contribution is -0.384.